The molecule has 0 atom stereocenters. The first kappa shape index (κ1) is 12.1. The normalized spacial score (nSPS) is 16.7. The van der Waals surface area contributed by atoms with E-state index in [0.717, 1.165) is 25.9 Å². The minimum Gasteiger partial charge on any atom is -0.339 e. The predicted octanol–water partition coefficient (Wildman–Crippen LogP) is 1.05. The van der Waals surface area contributed by atoms with E-state index in [1.165, 1.54) is 0 Å². The molecule has 1 aliphatic rings. The summed E-state index contributed by atoms with van der Waals surface area (Å²) in [6.45, 7) is 1.93. The molecule has 1 N–H and O–H groups in total. The van der Waals surface area contributed by atoms with E-state index in [0.29, 0.717) is 22.6 Å². The number of amides is 1. The molecule has 3 rings (SSSR count). The number of aromatic nitrogens is 2. The monoisotopic (exact) mass is 260 g/mol. The fraction of sp³-hybridized carbons (Fsp3) is 0.462. The van der Waals surface area contributed by atoms with Crippen LogP contribution >= 0.6 is 0 Å². The van der Waals surface area contributed by atoms with Crippen molar-refractivity contribution < 1.29 is 9.42 Å². The van der Waals surface area contributed by atoms with Gasteiger partial charge in [0.2, 0.25) is 0 Å². The summed E-state index contributed by atoms with van der Waals surface area (Å²) in [5.41, 5.74) is 1.91. The number of carbonyl (C=O) groups excluding carboxylic acids is 1. The molecule has 6 heteroatoms. The van der Waals surface area contributed by atoms with Crippen LogP contribution in [-0.4, -0.2) is 47.3 Å². The smallest absolute Gasteiger partial charge is 0.253 e. The largest absolute Gasteiger partial charge is 0.339 e. The third kappa shape index (κ3) is 2.31. The standard InChI is InChI=1S/C13H16N4O2/c1-17(10-4-6-14-7-5-10)13(18)9-2-3-11-12(8-9)16-19-15-11/h2-3,8,10,14H,4-7H2,1H3. The van der Waals surface area contributed by atoms with Crippen molar-refractivity contribution >= 4 is 16.9 Å². The Morgan fingerprint density at radius 3 is 2.84 bits per heavy atom. The molecule has 100 valence electrons. The van der Waals surface area contributed by atoms with Gasteiger partial charge in [-0.15, -0.1) is 0 Å². The fourth-order valence-corrected chi connectivity index (χ4v) is 2.48. The van der Waals surface area contributed by atoms with Crippen molar-refractivity contribution in [3.8, 4) is 0 Å². The van der Waals surface area contributed by atoms with Crippen LogP contribution in [-0.2, 0) is 0 Å². The number of hydrogen-bond acceptors (Lipinski definition) is 5. The summed E-state index contributed by atoms with van der Waals surface area (Å²) in [7, 11) is 1.86. The van der Waals surface area contributed by atoms with Crippen LogP contribution in [0.2, 0.25) is 0 Å². The minimum absolute atomic E-state index is 0.0248. The van der Waals surface area contributed by atoms with Gasteiger partial charge in [0.05, 0.1) is 0 Å². The maximum atomic E-state index is 12.4. The maximum absolute atomic E-state index is 12.4. The molecule has 0 saturated carbocycles. The number of carbonyl (C=O) groups is 1. The first-order valence-electron chi connectivity index (χ1n) is 6.46. The molecule has 1 fully saturated rings. The number of benzene rings is 1. The van der Waals surface area contributed by atoms with E-state index in [4.69, 9.17) is 0 Å². The molecule has 0 bridgehead atoms. The summed E-state index contributed by atoms with van der Waals surface area (Å²) in [4.78, 5) is 14.3. The zero-order chi connectivity index (χ0) is 13.2. The van der Waals surface area contributed by atoms with Crippen LogP contribution in [0.15, 0.2) is 22.8 Å². The molecule has 0 radical (unpaired) electrons. The topological polar surface area (TPSA) is 71.3 Å². The van der Waals surface area contributed by atoms with Gasteiger partial charge >= 0.3 is 0 Å². The summed E-state index contributed by atoms with van der Waals surface area (Å²) in [6.07, 6.45) is 1.99. The van der Waals surface area contributed by atoms with Crippen LogP contribution in [0, 0.1) is 0 Å². The Hall–Kier alpha value is -1.95. The Morgan fingerprint density at radius 2 is 2.05 bits per heavy atom. The molecular weight excluding hydrogens is 244 g/mol. The second-order valence-electron chi connectivity index (χ2n) is 4.86. The Kier molecular flexibility index (Phi) is 3.16. The third-order valence-corrected chi connectivity index (χ3v) is 3.68. The molecular formula is C13H16N4O2. The highest BCUT2D eigenvalue weighted by atomic mass is 16.6. The number of nitrogens with zero attached hydrogens (tertiary/aromatic N) is 3. The number of hydrogen-bond donors (Lipinski definition) is 1. The molecule has 2 aromatic rings. The Morgan fingerprint density at radius 1 is 1.32 bits per heavy atom. The van der Waals surface area contributed by atoms with Gasteiger partial charge in [-0.1, -0.05) is 0 Å². The van der Waals surface area contributed by atoms with Gasteiger partial charge in [-0.3, -0.25) is 4.79 Å². The second-order valence-corrected chi connectivity index (χ2v) is 4.86. The van der Waals surface area contributed by atoms with Crippen molar-refractivity contribution in [1.29, 1.82) is 0 Å². The molecule has 1 aliphatic heterocycles. The van der Waals surface area contributed by atoms with Crippen LogP contribution in [0.25, 0.3) is 11.0 Å². The average molecular weight is 260 g/mol. The number of nitrogens with one attached hydrogen (secondary N) is 1. The minimum atomic E-state index is 0.0248. The van der Waals surface area contributed by atoms with E-state index in [1.54, 1.807) is 18.2 Å². The maximum Gasteiger partial charge on any atom is 0.253 e. The number of rotatable bonds is 2. The van der Waals surface area contributed by atoms with Crippen molar-refractivity contribution in [3.63, 3.8) is 0 Å². The lowest BCUT2D eigenvalue weighted by atomic mass is 10.0. The van der Waals surface area contributed by atoms with E-state index in [2.05, 4.69) is 20.3 Å². The molecule has 1 aromatic heterocycles. The van der Waals surface area contributed by atoms with Crippen LogP contribution in [0.5, 0.6) is 0 Å². The van der Waals surface area contributed by atoms with Gasteiger partial charge in [-0.25, -0.2) is 4.63 Å². The summed E-state index contributed by atoms with van der Waals surface area (Å²) in [5.74, 6) is 0.0248. The lowest BCUT2D eigenvalue weighted by Gasteiger charge is -2.31. The second kappa shape index (κ2) is 4.97. The van der Waals surface area contributed by atoms with Crippen LogP contribution < -0.4 is 5.32 Å². The SMILES string of the molecule is CN(C(=O)c1ccc2nonc2c1)C1CCNCC1. The van der Waals surface area contributed by atoms with Crippen molar-refractivity contribution in [1.82, 2.24) is 20.5 Å². The summed E-state index contributed by atoms with van der Waals surface area (Å²) in [5, 5.41) is 10.8. The summed E-state index contributed by atoms with van der Waals surface area (Å²) in [6, 6.07) is 5.56. The molecule has 1 aromatic carbocycles. The van der Waals surface area contributed by atoms with Crippen LogP contribution in [0.1, 0.15) is 23.2 Å². The zero-order valence-electron chi connectivity index (χ0n) is 10.8. The van der Waals surface area contributed by atoms with Gasteiger partial charge in [0.15, 0.2) is 0 Å². The van der Waals surface area contributed by atoms with E-state index in [9.17, 15) is 4.79 Å². The molecule has 1 saturated heterocycles. The van der Waals surface area contributed by atoms with Crippen molar-refractivity contribution in [3.05, 3.63) is 23.8 Å². The highest BCUT2D eigenvalue weighted by molar-refractivity contribution is 5.97. The highest BCUT2D eigenvalue weighted by Crippen LogP contribution is 2.16. The van der Waals surface area contributed by atoms with Gasteiger partial charge in [0.25, 0.3) is 5.91 Å². The molecule has 6 nitrogen and oxygen atoms in total. The molecule has 1 amide bonds. The molecule has 19 heavy (non-hydrogen) atoms. The summed E-state index contributed by atoms with van der Waals surface area (Å²) < 4.78 is 4.64. The lowest BCUT2D eigenvalue weighted by molar-refractivity contribution is 0.0703. The van der Waals surface area contributed by atoms with Gasteiger partial charge < -0.3 is 10.2 Å². The first-order valence-corrected chi connectivity index (χ1v) is 6.46. The zero-order valence-corrected chi connectivity index (χ0v) is 10.8. The van der Waals surface area contributed by atoms with E-state index in [-0.39, 0.29) is 5.91 Å². The number of piperidine rings is 1. The van der Waals surface area contributed by atoms with Gasteiger partial charge in [-0.05, 0) is 54.4 Å². The molecule has 0 unspecified atom stereocenters. The Labute approximate surface area is 110 Å². The van der Waals surface area contributed by atoms with Gasteiger partial charge in [0.1, 0.15) is 11.0 Å². The van der Waals surface area contributed by atoms with Gasteiger partial charge in [0, 0.05) is 18.7 Å². The lowest BCUT2D eigenvalue weighted by Crippen LogP contribution is -2.43. The van der Waals surface area contributed by atoms with Crippen molar-refractivity contribution in [2.45, 2.75) is 18.9 Å². The van der Waals surface area contributed by atoms with Crippen molar-refractivity contribution in [2.24, 2.45) is 0 Å². The quantitative estimate of drug-likeness (QED) is 0.873. The Balaban J connectivity index is 1.81. The van der Waals surface area contributed by atoms with Crippen molar-refractivity contribution in [2.75, 3.05) is 20.1 Å². The third-order valence-electron chi connectivity index (χ3n) is 3.68. The highest BCUT2D eigenvalue weighted by Gasteiger charge is 2.23. The Bertz CT molecular complexity index is 589. The average Bonchev–Trinajstić information content (AvgIpc) is 2.94. The van der Waals surface area contributed by atoms with Crippen LogP contribution in [0.4, 0.5) is 0 Å². The molecule has 0 aliphatic carbocycles. The van der Waals surface area contributed by atoms with E-state index in [1.807, 2.05) is 11.9 Å². The first-order chi connectivity index (χ1) is 9.25. The van der Waals surface area contributed by atoms with E-state index < -0.39 is 0 Å². The predicted molar refractivity (Wildman–Crippen MR) is 69.8 cm³/mol. The van der Waals surface area contributed by atoms with Gasteiger partial charge in [-0.2, -0.15) is 0 Å². The molecule has 2 heterocycles. The molecule has 0 spiro atoms. The fourth-order valence-electron chi connectivity index (χ4n) is 2.48. The van der Waals surface area contributed by atoms with E-state index >= 15 is 0 Å². The number of fused-ring (bicyclic) bond motifs is 1. The summed E-state index contributed by atoms with van der Waals surface area (Å²) >= 11 is 0. The van der Waals surface area contributed by atoms with Crippen LogP contribution in [0.3, 0.4) is 0 Å².